The van der Waals surface area contributed by atoms with Gasteiger partial charge in [-0.25, -0.2) is 13.5 Å². The second-order valence-electron chi connectivity index (χ2n) is 10.2. The van der Waals surface area contributed by atoms with Gasteiger partial charge >= 0.3 is 12.5 Å². The van der Waals surface area contributed by atoms with E-state index < -0.39 is 29.7 Å². The summed E-state index contributed by atoms with van der Waals surface area (Å²) < 4.78 is 107. The van der Waals surface area contributed by atoms with Gasteiger partial charge in [-0.2, -0.15) is 8.78 Å². The van der Waals surface area contributed by atoms with Crippen molar-refractivity contribution in [1.29, 1.82) is 0 Å². The van der Waals surface area contributed by atoms with Gasteiger partial charge in [-0.1, -0.05) is 49.8 Å². The first-order valence-corrected chi connectivity index (χ1v) is 13.1. The minimum atomic E-state index is -5.78. The van der Waals surface area contributed by atoms with Crippen LogP contribution < -0.4 is 0 Å². The lowest BCUT2D eigenvalue weighted by Crippen LogP contribution is -2.38. The maximum Gasteiger partial charge on any atom is 0.527 e. The second-order valence-corrected chi connectivity index (χ2v) is 10.2. The topological polar surface area (TPSA) is 27.7 Å². The third kappa shape index (κ3) is 7.83. The third-order valence-corrected chi connectivity index (χ3v) is 7.32. The Morgan fingerprint density at radius 2 is 1.41 bits per heavy atom. The fourth-order valence-electron chi connectivity index (χ4n) is 5.36. The molecule has 0 atom stereocenters. The Bertz CT molecular complexity index is 1090. The molecule has 0 radical (unpaired) electrons. The van der Waals surface area contributed by atoms with Gasteiger partial charge in [-0.15, -0.1) is 13.2 Å². The maximum atomic E-state index is 14.1. The van der Waals surface area contributed by atoms with E-state index in [9.17, 15) is 30.7 Å². The van der Waals surface area contributed by atoms with E-state index in [1.807, 2.05) is 24.3 Å². The van der Waals surface area contributed by atoms with Crippen LogP contribution in [0, 0.1) is 23.5 Å². The van der Waals surface area contributed by atoms with E-state index in [-0.39, 0.29) is 11.9 Å². The standard InChI is InChI=1S/C29H31F7O3/c1-2-3-20-16-37-27(38-17-20)23-12-10-22(11-13-23)21-8-6-18(7-9-21)4-5-19-14-24(30)26(25(31)15-19)28(32,33)39-29(34,35)36/h4-9,14-15,20,22-23,27H,2-3,10-13,16-17H2,1H3/b5-4+. The van der Waals surface area contributed by atoms with Crippen molar-refractivity contribution in [3.63, 3.8) is 0 Å². The Morgan fingerprint density at radius 3 is 1.95 bits per heavy atom. The smallest absolute Gasteiger partial charge is 0.352 e. The van der Waals surface area contributed by atoms with Gasteiger partial charge in [0.2, 0.25) is 0 Å². The lowest BCUT2D eigenvalue weighted by Gasteiger charge is -2.37. The van der Waals surface area contributed by atoms with Crippen molar-refractivity contribution in [2.45, 2.75) is 70.1 Å². The van der Waals surface area contributed by atoms with Crippen LogP contribution in [0.5, 0.6) is 0 Å². The zero-order chi connectivity index (χ0) is 28.2. The Hall–Kier alpha value is -2.43. The number of hydrogen-bond acceptors (Lipinski definition) is 3. The van der Waals surface area contributed by atoms with Gasteiger partial charge in [0.15, 0.2) is 6.29 Å². The SMILES string of the molecule is CCCC1COC(C2CCC(c3ccc(/C=C/c4cc(F)c(C(F)(F)OC(F)(F)F)c(F)c4)cc3)CC2)OC1. The van der Waals surface area contributed by atoms with Gasteiger partial charge in [-0.3, -0.25) is 0 Å². The first kappa shape index (κ1) is 29.6. The zero-order valence-corrected chi connectivity index (χ0v) is 21.5. The molecule has 4 rings (SSSR count). The molecule has 1 heterocycles. The summed E-state index contributed by atoms with van der Waals surface area (Å²) in [6.45, 7) is 3.68. The van der Waals surface area contributed by atoms with Crippen LogP contribution in [0.2, 0.25) is 0 Å². The molecular weight excluding hydrogens is 529 g/mol. The summed E-state index contributed by atoms with van der Waals surface area (Å²) >= 11 is 0. The molecule has 10 heteroatoms. The summed E-state index contributed by atoms with van der Waals surface area (Å²) in [6, 6.07) is 8.69. The lowest BCUT2D eigenvalue weighted by atomic mass is 9.78. The van der Waals surface area contributed by atoms with Crippen molar-refractivity contribution in [1.82, 2.24) is 0 Å². The summed E-state index contributed by atoms with van der Waals surface area (Å²) in [5.41, 5.74) is -0.355. The summed E-state index contributed by atoms with van der Waals surface area (Å²) in [6.07, 6.45) is -2.02. The van der Waals surface area contributed by atoms with Crippen LogP contribution in [0.3, 0.4) is 0 Å². The second kappa shape index (κ2) is 12.4. The van der Waals surface area contributed by atoms with E-state index in [4.69, 9.17) is 9.47 Å². The molecule has 3 nitrogen and oxygen atoms in total. The Labute approximate surface area is 222 Å². The first-order valence-electron chi connectivity index (χ1n) is 13.1. The molecule has 0 amide bonds. The Kier molecular flexibility index (Phi) is 9.39. The minimum Gasteiger partial charge on any atom is -0.352 e. The lowest BCUT2D eigenvalue weighted by molar-refractivity contribution is -0.432. The van der Waals surface area contributed by atoms with Gasteiger partial charge < -0.3 is 9.47 Å². The molecule has 2 aliphatic rings. The van der Waals surface area contributed by atoms with Gasteiger partial charge in [0.1, 0.15) is 17.2 Å². The van der Waals surface area contributed by atoms with Crippen LogP contribution in [0.15, 0.2) is 36.4 Å². The highest BCUT2D eigenvalue weighted by Gasteiger charge is 2.49. The van der Waals surface area contributed by atoms with Crippen LogP contribution in [0.4, 0.5) is 30.7 Å². The summed E-state index contributed by atoms with van der Waals surface area (Å²) in [7, 11) is 0. The first-order chi connectivity index (χ1) is 18.4. The Balaban J connectivity index is 1.33. The number of alkyl halides is 5. The van der Waals surface area contributed by atoms with E-state index in [0.29, 0.717) is 35.4 Å². The molecule has 1 saturated heterocycles. The average molecular weight is 561 g/mol. The normalized spacial score (nSPS) is 24.8. The largest absolute Gasteiger partial charge is 0.527 e. The van der Waals surface area contributed by atoms with Crippen molar-refractivity contribution in [2.75, 3.05) is 13.2 Å². The van der Waals surface area contributed by atoms with E-state index in [1.165, 1.54) is 17.7 Å². The van der Waals surface area contributed by atoms with Crippen molar-refractivity contribution in [3.8, 4) is 0 Å². The van der Waals surface area contributed by atoms with Crippen LogP contribution in [-0.2, 0) is 20.3 Å². The molecule has 39 heavy (non-hydrogen) atoms. The van der Waals surface area contributed by atoms with E-state index in [2.05, 4.69) is 11.7 Å². The van der Waals surface area contributed by atoms with Gasteiger partial charge in [0.25, 0.3) is 0 Å². The van der Waals surface area contributed by atoms with Crippen molar-refractivity contribution >= 4 is 12.2 Å². The zero-order valence-electron chi connectivity index (χ0n) is 21.5. The van der Waals surface area contributed by atoms with E-state index in [1.54, 1.807) is 0 Å². The van der Waals surface area contributed by atoms with Gasteiger partial charge in [0.05, 0.1) is 13.2 Å². The molecule has 0 bridgehead atoms. The molecule has 0 aromatic heterocycles. The number of ether oxygens (including phenoxy) is 3. The van der Waals surface area contributed by atoms with Crippen LogP contribution in [0.1, 0.15) is 73.6 Å². The number of hydrogen-bond donors (Lipinski definition) is 0. The van der Waals surface area contributed by atoms with Crippen molar-refractivity contribution < 1.29 is 44.9 Å². The Morgan fingerprint density at radius 1 is 0.846 bits per heavy atom. The summed E-state index contributed by atoms with van der Waals surface area (Å²) in [5, 5.41) is 0. The maximum absolute atomic E-state index is 14.1. The fraction of sp³-hybridized carbons (Fsp3) is 0.517. The summed E-state index contributed by atoms with van der Waals surface area (Å²) in [4.78, 5) is 0. The molecule has 2 aromatic rings. The highest BCUT2D eigenvalue weighted by molar-refractivity contribution is 5.70. The average Bonchev–Trinajstić information content (AvgIpc) is 2.87. The fourth-order valence-corrected chi connectivity index (χ4v) is 5.36. The molecule has 0 unspecified atom stereocenters. The third-order valence-electron chi connectivity index (χ3n) is 7.32. The van der Waals surface area contributed by atoms with E-state index in [0.717, 1.165) is 51.7 Å². The summed E-state index contributed by atoms with van der Waals surface area (Å²) in [5.74, 6) is -2.43. The molecule has 1 aliphatic carbocycles. The minimum absolute atomic E-state index is 0.126. The van der Waals surface area contributed by atoms with Crippen LogP contribution in [-0.4, -0.2) is 25.9 Å². The molecular formula is C29H31F7O3. The molecule has 214 valence electrons. The molecule has 0 N–H and O–H groups in total. The van der Waals surface area contributed by atoms with Crippen LogP contribution in [0.25, 0.3) is 12.2 Å². The van der Waals surface area contributed by atoms with Crippen LogP contribution >= 0.6 is 0 Å². The predicted molar refractivity (Wildman–Crippen MR) is 132 cm³/mol. The molecule has 1 aliphatic heterocycles. The molecule has 1 saturated carbocycles. The molecule has 2 aromatic carbocycles. The van der Waals surface area contributed by atoms with Gasteiger partial charge in [-0.05, 0) is 66.8 Å². The number of benzene rings is 2. The quantitative estimate of drug-likeness (QED) is 0.239. The highest BCUT2D eigenvalue weighted by atomic mass is 19.4. The van der Waals surface area contributed by atoms with Crippen molar-refractivity contribution in [3.05, 3.63) is 70.3 Å². The van der Waals surface area contributed by atoms with Crippen molar-refractivity contribution in [2.24, 2.45) is 11.8 Å². The number of rotatable bonds is 8. The highest BCUT2D eigenvalue weighted by Crippen LogP contribution is 2.40. The number of halogens is 7. The van der Waals surface area contributed by atoms with Gasteiger partial charge in [0, 0.05) is 11.8 Å². The molecule has 0 spiro atoms. The van der Waals surface area contributed by atoms with E-state index >= 15 is 0 Å². The monoisotopic (exact) mass is 560 g/mol. The predicted octanol–water partition coefficient (Wildman–Crippen LogP) is 8.78. The molecule has 2 fully saturated rings.